The molecule has 1 N–H and O–H groups in total. The van der Waals surface area contributed by atoms with Crippen molar-refractivity contribution in [3.05, 3.63) is 35.9 Å². The molecule has 1 heteroatoms. The monoisotopic (exact) mass is 220 g/mol. The Kier molecular flexibility index (Phi) is 6.17. The van der Waals surface area contributed by atoms with E-state index in [-0.39, 0.29) is 6.10 Å². The molecule has 1 nitrogen and oxygen atoms in total. The molecule has 0 aromatic heterocycles. The smallest absolute Gasteiger partial charge is 0.0563 e. The summed E-state index contributed by atoms with van der Waals surface area (Å²) in [6.07, 6.45) is 5.60. The van der Waals surface area contributed by atoms with Gasteiger partial charge in [-0.25, -0.2) is 0 Å². The summed E-state index contributed by atoms with van der Waals surface area (Å²) in [6.45, 7) is 4.16. The molecule has 1 unspecified atom stereocenters. The Morgan fingerprint density at radius 1 is 1.00 bits per heavy atom. The fourth-order valence-corrected chi connectivity index (χ4v) is 1.84. The van der Waals surface area contributed by atoms with Crippen molar-refractivity contribution in [3.8, 4) is 0 Å². The highest BCUT2D eigenvalue weighted by molar-refractivity contribution is 5.14. The van der Waals surface area contributed by atoms with E-state index in [4.69, 9.17) is 0 Å². The molecule has 16 heavy (non-hydrogen) atoms. The van der Waals surface area contributed by atoms with Gasteiger partial charge in [0.05, 0.1) is 6.10 Å². The van der Waals surface area contributed by atoms with Gasteiger partial charge in [-0.1, -0.05) is 57.0 Å². The van der Waals surface area contributed by atoms with E-state index in [9.17, 15) is 5.11 Å². The molecule has 0 heterocycles. The number of aliphatic hydroxyl groups excluding tert-OH is 1. The maximum Gasteiger partial charge on any atom is 0.0563 e. The molecule has 1 atom stereocenters. The van der Waals surface area contributed by atoms with Gasteiger partial charge in [0.15, 0.2) is 0 Å². The third-order valence-electron chi connectivity index (χ3n) is 3.08. The third-order valence-corrected chi connectivity index (χ3v) is 3.08. The minimum absolute atomic E-state index is 0.114. The highest BCUT2D eigenvalue weighted by atomic mass is 16.3. The Morgan fingerprint density at radius 2 is 1.69 bits per heavy atom. The molecule has 0 saturated heterocycles. The van der Waals surface area contributed by atoms with Crippen LogP contribution in [-0.2, 0) is 6.42 Å². The van der Waals surface area contributed by atoms with Crippen molar-refractivity contribution in [1.82, 2.24) is 0 Å². The number of aryl methyl sites for hydroxylation is 1. The molecule has 0 radical (unpaired) electrons. The molecule has 0 aliphatic carbocycles. The maximum absolute atomic E-state index is 9.64. The third kappa shape index (κ3) is 5.32. The lowest BCUT2D eigenvalue weighted by Crippen LogP contribution is -2.13. The Morgan fingerprint density at radius 3 is 2.31 bits per heavy atom. The lowest BCUT2D eigenvalue weighted by Gasteiger charge is -2.13. The van der Waals surface area contributed by atoms with Crippen molar-refractivity contribution >= 4 is 0 Å². The van der Waals surface area contributed by atoms with Gasteiger partial charge in [0.1, 0.15) is 0 Å². The summed E-state index contributed by atoms with van der Waals surface area (Å²) in [5.74, 6) is 0.397. The van der Waals surface area contributed by atoms with Crippen LogP contribution in [0.1, 0.15) is 45.1 Å². The van der Waals surface area contributed by atoms with Gasteiger partial charge in [-0.2, -0.15) is 0 Å². The van der Waals surface area contributed by atoms with Crippen molar-refractivity contribution < 1.29 is 5.11 Å². The van der Waals surface area contributed by atoms with Crippen molar-refractivity contribution in [2.45, 2.75) is 52.1 Å². The predicted octanol–water partition coefficient (Wildman–Crippen LogP) is 3.81. The number of unbranched alkanes of at least 4 members (excludes halogenated alkanes) is 2. The molecule has 0 aliphatic rings. The first-order valence-electron chi connectivity index (χ1n) is 6.42. The summed E-state index contributed by atoms with van der Waals surface area (Å²) in [4.78, 5) is 0. The Bertz CT molecular complexity index is 266. The van der Waals surface area contributed by atoms with Gasteiger partial charge in [-0.05, 0) is 30.7 Å². The van der Waals surface area contributed by atoms with E-state index in [1.165, 1.54) is 24.8 Å². The van der Waals surface area contributed by atoms with Crippen LogP contribution in [0.2, 0.25) is 0 Å². The largest absolute Gasteiger partial charge is 0.393 e. The maximum atomic E-state index is 9.64. The molecule has 0 spiro atoms. The quantitative estimate of drug-likeness (QED) is 0.693. The zero-order chi connectivity index (χ0) is 11.8. The Balaban J connectivity index is 2.04. The number of hydrogen-bond donors (Lipinski definition) is 1. The minimum atomic E-state index is -0.114. The molecule has 0 fully saturated rings. The summed E-state index contributed by atoms with van der Waals surface area (Å²) >= 11 is 0. The summed E-state index contributed by atoms with van der Waals surface area (Å²) in [5, 5.41) is 9.64. The highest BCUT2D eigenvalue weighted by Crippen LogP contribution is 2.12. The van der Waals surface area contributed by atoms with Crippen LogP contribution in [0.5, 0.6) is 0 Å². The summed E-state index contributed by atoms with van der Waals surface area (Å²) in [6, 6.07) is 10.6. The Hall–Kier alpha value is -0.820. The average Bonchev–Trinajstić information content (AvgIpc) is 2.29. The molecule has 90 valence electrons. The van der Waals surface area contributed by atoms with Gasteiger partial charge in [-0.15, -0.1) is 0 Å². The number of rotatable bonds is 7. The first-order chi connectivity index (χ1) is 7.70. The predicted molar refractivity (Wildman–Crippen MR) is 69.5 cm³/mol. The second-order valence-electron chi connectivity index (χ2n) is 4.90. The molecule has 0 bridgehead atoms. The molecule has 1 rings (SSSR count). The van der Waals surface area contributed by atoms with E-state index in [1.807, 2.05) is 0 Å². The van der Waals surface area contributed by atoms with E-state index >= 15 is 0 Å². The van der Waals surface area contributed by atoms with E-state index in [1.54, 1.807) is 0 Å². The van der Waals surface area contributed by atoms with Crippen LogP contribution in [0, 0.1) is 5.92 Å². The van der Waals surface area contributed by atoms with Crippen LogP contribution in [0.4, 0.5) is 0 Å². The SMILES string of the molecule is CC(C)C(O)CCCCCc1ccccc1. The van der Waals surface area contributed by atoms with Gasteiger partial charge < -0.3 is 5.11 Å². The van der Waals surface area contributed by atoms with E-state index < -0.39 is 0 Å². The number of aliphatic hydroxyl groups is 1. The Labute approximate surface area is 99.5 Å². The van der Waals surface area contributed by atoms with Gasteiger partial charge >= 0.3 is 0 Å². The average molecular weight is 220 g/mol. The minimum Gasteiger partial charge on any atom is -0.393 e. The standard InChI is InChI=1S/C15H24O/c1-13(2)15(16)12-8-4-7-11-14-9-5-3-6-10-14/h3,5-6,9-10,13,15-16H,4,7-8,11-12H2,1-2H3. The second-order valence-corrected chi connectivity index (χ2v) is 4.90. The van der Waals surface area contributed by atoms with Gasteiger partial charge in [-0.3, -0.25) is 0 Å². The van der Waals surface area contributed by atoms with Crippen molar-refractivity contribution in [2.75, 3.05) is 0 Å². The van der Waals surface area contributed by atoms with E-state index in [0.29, 0.717) is 5.92 Å². The lowest BCUT2D eigenvalue weighted by molar-refractivity contribution is 0.113. The summed E-state index contributed by atoms with van der Waals surface area (Å²) < 4.78 is 0. The van der Waals surface area contributed by atoms with Crippen LogP contribution in [0.25, 0.3) is 0 Å². The van der Waals surface area contributed by atoms with Gasteiger partial charge in [0.2, 0.25) is 0 Å². The van der Waals surface area contributed by atoms with Gasteiger partial charge in [0.25, 0.3) is 0 Å². The van der Waals surface area contributed by atoms with Crippen LogP contribution >= 0.6 is 0 Å². The zero-order valence-electron chi connectivity index (χ0n) is 10.5. The molecule has 0 aliphatic heterocycles. The van der Waals surface area contributed by atoms with Gasteiger partial charge in [0, 0.05) is 0 Å². The topological polar surface area (TPSA) is 20.2 Å². The van der Waals surface area contributed by atoms with Crippen molar-refractivity contribution in [3.63, 3.8) is 0 Å². The van der Waals surface area contributed by atoms with Crippen molar-refractivity contribution in [1.29, 1.82) is 0 Å². The summed E-state index contributed by atoms with van der Waals surface area (Å²) in [7, 11) is 0. The number of hydrogen-bond acceptors (Lipinski definition) is 1. The van der Waals surface area contributed by atoms with Crippen LogP contribution in [0.15, 0.2) is 30.3 Å². The fraction of sp³-hybridized carbons (Fsp3) is 0.600. The number of benzene rings is 1. The molecule has 0 saturated carbocycles. The van der Waals surface area contributed by atoms with Crippen LogP contribution in [0.3, 0.4) is 0 Å². The summed E-state index contributed by atoms with van der Waals surface area (Å²) in [5.41, 5.74) is 1.42. The van der Waals surface area contributed by atoms with E-state index in [0.717, 1.165) is 12.8 Å². The molecule has 1 aromatic carbocycles. The normalized spacial score (nSPS) is 13.0. The van der Waals surface area contributed by atoms with E-state index in [2.05, 4.69) is 44.2 Å². The second kappa shape index (κ2) is 7.45. The van der Waals surface area contributed by atoms with Crippen LogP contribution < -0.4 is 0 Å². The molecule has 1 aromatic rings. The first kappa shape index (κ1) is 13.2. The molecular formula is C15H24O. The molecule has 0 amide bonds. The lowest BCUT2D eigenvalue weighted by atomic mass is 9.99. The molecular weight excluding hydrogens is 196 g/mol. The highest BCUT2D eigenvalue weighted by Gasteiger charge is 2.07. The first-order valence-corrected chi connectivity index (χ1v) is 6.42. The fourth-order valence-electron chi connectivity index (χ4n) is 1.84. The van der Waals surface area contributed by atoms with Crippen LogP contribution in [-0.4, -0.2) is 11.2 Å². The van der Waals surface area contributed by atoms with Crippen molar-refractivity contribution in [2.24, 2.45) is 5.92 Å². The zero-order valence-corrected chi connectivity index (χ0v) is 10.5.